The summed E-state index contributed by atoms with van der Waals surface area (Å²) in [4.78, 5) is 12.1. The first-order chi connectivity index (χ1) is 9.08. The summed E-state index contributed by atoms with van der Waals surface area (Å²) in [6.07, 6.45) is 1.40. The third kappa shape index (κ3) is 3.31. The van der Waals surface area contributed by atoms with Crippen LogP contribution < -0.4 is 0 Å². The van der Waals surface area contributed by atoms with E-state index in [0.29, 0.717) is 6.42 Å². The number of ketones is 1. The van der Waals surface area contributed by atoms with Crippen molar-refractivity contribution in [1.29, 1.82) is 0 Å². The van der Waals surface area contributed by atoms with Crippen molar-refractivity contribution >= 4 is 5.78 Å². The normalized spacial score (nSPS) is 10.5. The minimum Gasteiger partial charge on any atom is -0.294 e. The number of hydrogen-bond acceptors (Lipinski definition) is 1. The van der Waals surface area contributed by atoms with E-state index in [2.05, 4.69) is 32.0 Å². The van der Waals surface area contributed by atoms with Gasteiger partial charge in [0.05, 0.1) is 0 Å². The fraction of sp³-hybridized carbons (Fsp3) is 0.278. The summed E-state index contributed by atoms with van der Waals surface area (Å²) >= 11 is 0. The van der Waals surface area contributed by atoms with Crippen LogP contribution in [0, 0.1) is 20.8 Å². The average molecular weight is 252 g/mol. The fourth-order valence-corrected chi connectivity index (χ4v) is 2.21. The topological polar surface area (TPSA) is 17.1 Å². The lowest BCUT2D eigenvalue weighted by Crippen LogP contribution is -2.02. The molecule has 98 valence electrons. The zero-order valence-corrected chi connectivity index (χ0v) is 11.9. The molecule has 19 heavy (non-hydrogen) atoms. The van der Waals surface area contributed by atoms with E-state index in [-0.39, 0.29) is 5.78 Å². The van der Waals surface area contributed by atoms with E-state index >= 15 is 0 Å². The third-order valence-electron chi connectivity index (χ3n) is 3.71. The Bertz CT molecular complexity index is 579. The van der Waals surface area contributed by atoms with Gasteiger partial charge in [0.2, 0.25) is 0 Å². The molecule has 0 aliphatic rings. The summed E-state index contributed by atoms with van der Waals surface area (Å²) in [5, 5.41) is 0. The Morgan fingerprint density at radius 2 is 1.63 bits per heavy atom. The Labute approximate surface area is 115 Å². The predicted molar refractivity (Wildman–Crippen MR) is 79.7 cm³/mol. The molecule has 0 aliphatic carbocycles. The minimum absolute atomic E-state index is 0.223. The average Bonchev–Trinajstić information content (AvgIpc) is 2.41. The van der Waals surface area contributed by atoms with Crippen LogP contribution in [0.4, 0.5) is 0 Å². The van der Waals surface area contributed by atoms with Gasteiger partial charge in [-0.2, -0.15) is 0 Å². The van der Waals surface area contributed by atoms with Crippen LogP contribution in [0.5, 0.6) is 0 Å². The molecule has 2 aromatic carbocycles. The van der Waals surface area contributed by atoms with Crippen molar-refractivity contribution in [2.75, 3.05) is 0 Å². The van der Waals surface area contributed by atoms with Gasteiger partial charge in [-0.25, -0.2) is 0 Å². The van der Waals surface area contributed by atoms with Crippen molar-refractivity contribution in [3.8, 4) is 0 Å². The van der Waals surface area contributed by atoms with Gasteiger partial charge in [0, 0.05) is 12.0 Å². The summed E-state index contributed by atoms with van der Waals surface area (Å²) in [5.41, 5.74) is 5.88. The Kier molecular flexibility index (Phi) is 4.16. The van der Waals surface area contributed by atoms with Crippen LogP contribution in [-0.2, 0) is 6.42 Å². The zero-order valence-electron chi connectivity index (χ0n) is 11.9. The van der Waals surface area contributed by atoms with Gasteiger partial charge < -0.3 is 0 Å². The Balaban J connectivity index is 2.04. The molecule has 0 aromatic heterocycles. The van der Waals surface area contributed by atoms with E-state index < -0.39 is 0 Å². The van der Waals surface area contributed by atoms with Gasteiger partial charge in [-0.1, -0.05) is 48.0 Å². The maximum absolute atomic E-state index is 12.1. The molecule has 0 saturated carbocycles. The van der Waals surface area contributed by atoms with Crippen LogP contribution in [0.15, 0.2) is 42.5 Å². The summed E-state index contributed by atoms with van der Waals surface area (Å²) < 4.78 is 0. The van der Waals surface area contributed by atoms with E-state index in [4.69, 9.17) is 0 Å². The summed E-state index contributed by atoms with van der Waals surface area (Å²) in [5.74, 6) is 0.223. The predicted octanol–water partition coefficient (Wildman–Crippen LogP) is 4.43. The number of benzene rings is 2. The van der Waals surface area contributed by atoms with Crippen LogP contribution in [0.3, 0.4) is 0 Å². The largest absolute Gasteiger partial charge is 0.294 e. The van der Waals surface area contributed by atoms with Crippen molar-refractivity contribution in [1.82, 2.24) is 0 Å². The molecule has 0 atom stereocenters. The van der Waals surface area contributed by atoms with Gasteiger partial charge in [-0.15, -0.1) is 0 Å². The lowest BCUT2D eigenvalue weighted by atomic mass is 9.97. The first-order valence-corrected chi connectivity index (χ1v) is 6.73. The second kappa shape index (κ2) is 5.83. The van der Waals surface area contributed by atoms with E-state index in [9.17, 15) is 4.79 Å². The molecule has 0 aliphatic heterocycles. The molecule has 1 nitrogen and oxygen atoms in total. The molecule has 0 heterocycles. The van der Waals surface area contributed by atoms with Gasteiger partial charge in [-0.3, -0.25) is 4.79 Å². The van der Waals surface area contributed by atoms with Crippen LogP contribution in [-0.4, -0.2) is 5.78 Å². The number of carbonyl (C=O) groups excluding carboxylic acids is 1. The van der Waals surface area contributed by atoms with Crippen LogP contribution in [0.2, 0.25) is 0 Å². The third-order valence-corrected chi connectivity index (χ3v) is 3.71. The molecule has 0 unspecified atom stereocenters. The standard InChI is InChI=1S/C18H20O/c1-13-7-9-17(10-8-13)18(19)12-11-16-6-4-5-14(2)15(16)3/h4-10H,11-12H2,1-3H3. The van der Waals surface area contributed by atoms with E-state index in [1.54, 1.807) is 0 Å². The number of aryl methyl sites for hydroxylation is 3. The van der Waals surface area contributed by atoms with Crippen LogP contribution >= 0.6 is 0 Å². The first-order valence-electron chi connectivity index (χ1n) is 6.73. The molecule has 0 amide bonds. The van der Waals surface area contributed by atoms with E-state index in [1.165, 1.54) is 22.3 Å². The van der Waals surface area contributed by atoms with Gasteiger partial charge in [0.25, 0.3) is 0 Å². The fourth-order valence-electron chi connectivity index (χ4n) is 2.21. The molecule has 0 spiro atoms. The summed E-state index contributed by atoms with van der Waals surface area (Å²) in [7, 11) is 0. The number of Topliss-reactive ketones (excluding diaryl/α,β-unsaturated/α-hetero) is 1. The Morgan fingerprint density at radius 3 is 2.32 bits per heavy atom. The molecule has 0 N–H and O–H groups in total. The Morgan fingerprint density at radius 1 is 0.947 bits per heavy atom. The molecular weight excluding hydrogens is 232 g/mol. The molecule has 2 aromatic rings. The SMILES string of the molecule is Cc1ccc(C(=O)CCc2cccc(C)c2C)cc1. The number of carbonyl (C=O) groups is 1. The van der Waals surface area contributed by atoms with Crippen LogP contribution in [0.1, 0.15) is 39.0 Å². The van der Waals surface area contributed by atoms with Crippen molar-refractivity contribution in [2.45, 2.75) is 33.6 Å². The monoisotopic (exact) mass is 252 g/mol. The molecule has 0 saturated heterocycles. The highest BCUT2D eigenvalue weighted by Crippen LogP contribution is 2.16. The second-order valence-electron chi connectivity index (χ2n) is 5.15. The molecule has 0 bridgehead atoms. The first kappa shape index (κ1) is 13.5. The van der Waals surface area contributed by atoms with Crippen molar-refractivity contribution in [3.05, 3.63) is 70.3 Å². The maximum Gasteiger partial charge on any atom is 0.163 e. The highest BCUT2D eigenvalue weighted by Gasteiger charge is 2.07. The van der Waals surface area contributed by atoms with Crippen molar-refractivity contribution in [2.24, 2.45) is 0 Å². The van der Waals surface area contributed by atoms with Gasteiger partial charge >= 0.3 is 0 Å². The minimum atomic E-state index is 0.223. The summed E-state index contributed by atoms with van der Waals surface area (Å²) in [6, 6.07) is 14.1. The number of hydrogen-bond donors (Lipinski definition) is 0. The van der Waals surface area contributed by atoms with E-state index in [0.717, 1.165) is 12.0 Å². The molecule has 0 radical (unpaired) electrons. The van der Waals surface area contributed by atoms with Crippen LogP contribution in [0.25, 0.3) is 0 Å². The molecule has 2 rings (SSSR count). The Hall–Kier alpha value is -1.89. The van der Waals surface area contributed by atoms with Crippen molar-refractivity contribution in [3.63, 3.8) is 0 Å². The highest BCUT2D eigenvalue weighted by atomic mass is 16.1. The quantitative estimate of drug-likeness (QED) is 0.736. The van der Waals surface area contributed by atoms with Gasteiger partial charge in [0.15, 0.2) is 5.78 Å². The van der Waals surface area contributed by atoms with Gasteiger partial charge in [-0.05, 0) is 43.9 Å². The lowest BCUT2D eigenvalue weighted by molar-refractivity contribution is 0.0983. The molecule has 1 heteroatoms. The summed E-state index contributed by atoms with van der Waals surface area (Å²) in [6.45, 7) is 6.27. The van der Waals surface area contributed by atoms with E-state index in [1.807, 2.05) is 31.2 Å². The lowest BCUT2D eigenvalue weighted by Gasteiger charge is -2.08. The molecular formula is C18H20O. The van der Waals surface area contributed by atoms with Crippen molar-refractivity contribution < 1.29 is 4.79 Å². The molecule has 0 fully saturated rings. The zero-order chi connectivity index (χ0) is 13.8. The maximum atomic E-state index is 12.1. The number of rotatable bonds is 4. The van der Waals surface area contributed by atoms with Gasteiger partial charge in [0.1, 0.15) is 0 Å². The smallest absolute Gasteiger partial charge is 0.163 e. The second-order valence-corrected chi connectivity index (χ2v) is 5.15. The highest BCUT2D eigenvalue weighted by molar-refractivity contribution is 5.96.